The van der Waals surface area contributed by atoms with Crippen molar-refractivity contribution in [2.45, 2.75) is 58.2 Å². The van der Waals surface area contributed by atoms with E-state index in [0.717, 1.165) is 42.9 Å². The molecule has 2 saturated carbocycles. The van der Waals surface area contributed by atoms with Gasteiger partial charge >= 0.3 is 5.97 Å². The Morgan fingerprint density at radius 1 is 1.15 bits per heavy atom. The minimum Gasteiger partial charge on any atom is -0.465 e. The van der Waals surface area contributed by atoms with Crippen LogP contribution in [0.25, 0.3) is 0 Å². The lowest BCUT2D eigenvalue weighted by atomic mass is 9.76. The number of carbonyl (C=O) groups is 1. The molecular formula is C17H26O3. The average Bonchev–Trinajstić information content (AvgIpc) is 3.19. The molecule has 112 valence electrons. The fourth-order valence-corrected chi connectivity index (χ4v) is 5.47. The minimum absolute atomic E-state index is 0.0145. The van der Waals surface area contributed by atoms with Crippen molar-refractivity contribution >= 4 is 5.97 Å². The van der Waals surface area contributed by atoms with Crippen molar-refractivity contribution in [3.63, 3.8) is 0 Å². The van der Waals surface area contributed by atoms with Crippen molar-refractivity contribution < 1.29 is 14.3 Å². The zero-order valence-electron chi connectivity index (χ0n) is 12.6. The van der Waals surface area contributed by atoms with Gasteiger partial charge in [-0.05, 0) is 61.7 Å². The summed E-state index contributed by atoms with van der Waals surface area (Å²) < 4.78 is 11.4. The van der Waals surface area contributed by atoms with Gasteiger partial charge in [-0.1, -0.05) is 13.8 Å². The van der Waals surface area contributed by atoms with Crippen LogP contribution < -0.4 is 0 Å². The van der Waals surface area contributed by atoms with Crippen LogP contribution in [0.15, 0.2) is 0 Å². The van der Waals surface area contributed by atoms with E-state index in [1.807, 2.05) is 0 Å². The highest BCUT2D eigenvalue weighted by Gasteiger charge is 2.49. The van der Waals surface area contributed by atoms with Gasteiger partial charge in [-0.25, -0.2) is 0 Å². The number of fused-ring (bicyclic) bond motifs is 4. The van der Waals surface area contributed by atoms with Crippen LogP contribution in [0.5, 0.6) is 0 Å². The lowest BCUT2D eigenvalue weighted by Crippen LogP contribution is -2.32. The highest BCUT2D eigenvalue weighted by molar-refractivity contribution is 5.73. The van der Waals surface area contributed by atoms with Crippen LogP contribution in [0, 0.1) is 35.5 Å². The van der Waals surface area contributed by atoms with E-state index in [-0.39, 0.29) is 18.0 Å². The number of ether oxygens (including phenoxy) is 2. The summed E-state index contributed by atoms with van der Waals surface area (Å²) in [6.07, 6.45) is 6.21. The van der Waals surface area contributed by atoms with Gasteiger partial charge in [0.25, 0.3) is 0 Å². The van der Waals surface area contributed by atoms with Crippen LogP contribution in [0.3, 0.4) is 0 Å². The first kappa shape index (κ1) is 13.1. The molecule has 8 unspecified atom stereocenters. The molecule has 0 N–H and O–H groups in total. The molecule has 3 nitrogen and oxygen atoms in total. The molecular weight excluding hydrogens is 252 g/mol. The summed E-state index contributed by atoms with van der Waals surface area (Å²) in [6, 6.07) is 0. The monoisotopic (exact) mass is 278 g/mol. The third-order valence-corrected chi connectivity index (χ3v) is 6.88. The van der Waals surface area contributed by atoms with E-state index in [0.29, 0.717) is 18.6 Å². The third-order valence-electron chi connectivity index (χ3n) is 6.88. The average molecular weight is 278 g/mol. The fourth-order valence-electron chi connectivity index (χ4n) is 5.47. The normalized spacial score (nSPS) is 52.7. The Bertz CT molecular complexity index is 405. The molecule has 0 spiro atoms. The van der Waals surface area contributed by atoms with Crippen molar-refractivity contribution in [2.75, 3.05) is 6.61 Å². The maximum absolute atomic E-state index is 12.2. The molecule has 0 amide bonds. The highest BCUT2D eigenvalue weighted by atomic mass is 16.5. The van der Waals surface area contributed by atoms with Gasteiger partial charge in [0, 0.05) is 0 Å². The number of rotatable bonds is 3. The molecule has 4 aliphatic rings. The van der Waals surface area contributed by atoms with Crippen LogP contribution in [-0.2, 0) is 14.3 Å². The Labute approximate surface area is 121 Å². The molecule has 2 saturated heterocycles. The third kappa shape index (κ3) is 1.93. The summed E-state index contributed by atoms with van der Waals surface area (Å²) in [5.41, 5.74) is 0. The molecule has 2 aliphatic heterocycles. The summed E-state index contributed by atoms with van der Waals surface area (Å²) in [5.74, 6) is 4.01. The summed E-state index contributed by atoms with van der Waals surface area (Å²) >= 11 is 0. The van der Waals surface area contributed by atoms with Crippen molar-refractivity contribution in [2.24, 2.45) is 35.5 Å². The predicted molar refractivity (Wildman–Crippen MR) is 75.0 cm³/mol. The molecule has 0 radical (unpaired) electrons. The first-order chi connectivity index (χ1) is 9.63. The molecule has 0 aromatic heterocycles. The van der Waals surface area contributed by atoms with Crippen LogP contribution in [-0.4, -0.2) is 24.8 Å². The topological polar surface area (TPSA) is 35.5 Å². The van der Waals surface area contributed by atoms with Gasteiger partial charge in [-0.3, -0.25) is 4.79 Å². The van der Waals surface area contributed by atoms with E-state index in [1.165, 1.54) is 12.8 Å². The first-order valence-electron chi connectivity index (χ1n) is 8.45. The number of esters is 1. The zero-order chi connectivity index (χ0) is 13.9. The van der Waals surface area contributed by atoms with Gasteiger partial charge in [-0.15, -0.1) is 0 Å². The Kier molecular flexibility index (Phi) is 3.10. The van der Waals surface area contributed by atoms with E-state index in [2.05, 4.69) is 13.8 Å². The van der Waals surface area contributed by atoms with E-state index in [9.17, 15) is 4.79 Å². The molecule has 4 fully saturated rings. The maximum atomic E-state index is 12.2. The van der Waals surface area contributed by atoms with Crippen molar-refractivity contribution in [1.29, 1.82) is 0 Å². The van der Waals surface area contributed by atoms with Crippen LogP contribution in [0.4, 0.5) is 0 Å². The molecule has 4 rings (SSSR count). The van der Waals surface area contributed by atoms with E-state index < -0.39 is 0 Å². The first-order valence-corrected chi connectivity index (χ1v) is 8.45. The molecule has 2 aliphatic carbocycles. The van der Waals surface area contributed by atoms with E-state index >= 15 is 0 Å². The van der Waals surface area contributed by atoms with Crippen LogP contribution in [0.2, 0.25) is 0 Å². The summed E-state index contributed by atoms with van der Waals surface area (Å²) in [5, 5.41) is 0. The smallest absolute Gasteiger partial charge is 0.311 e. The molecule has 20 heavy (non-hydrogen) atoms. The molecule has 3 heteroatoms. The lowest BCUT2D eigenvalue weighted by Gasteiger charge is -2.31. The van der Waals surface area contributed by atoms with Gasteiger partial charge in [0.1, 0.15) is 0 Å². The number of hydrogen-bond acceptors (Lipinski definition) is 3. The second-order valence-electron chi connectivity index (χ2n) is 7.72. The van der Waals surface area contributed by atoms with Gasteiger partial charge in [0.15, 0.2) is 0 Å². The van der Waals surface area contributed by atoms with Crippen molar-refractivity contribution in [3.8, 4) is 0 Å². The molecule has 0 aromatic rings. The Balaban J connectivity index is 1.30. The Hall–Kier alpha value is -0.570. The van der Waals surface area contributed by atoms with Crippen molar-refractivity contribution in [1.82, 2.24) is 0 Å². The predicted octanol–water partition coefficient (Wildman–Crippen LogP) is 3.03. The maximum Gasteiger partial charge on any atom is 0.311 e. The number of carbonyl (C=O) groups excluding carboxylic acids is 1. The van der Waals surface area contributed by atoms with Gasteiger partial charge in [-0.2, -0.15) is 0 Å². The van der Waals surface area contributed by atoms with Crippen molar-refractivity contribution in [3.05, 3.63) is 0 Å². The SMILES string of the molecule is CC1C2CC(COC(=O)C3CC4CCC3O4)C(C2)C1C. The fraction of sp³-hybridized carbons (Fsp3) is 0.941. The van der Waals surface area contributed by atoms with Crippen LogP contribution in [0.1, 0.15) is 46.0 Å². The highest BCUT2D eigenvalue weighted by Crippen LogP contribution is 2.55. The van der Waals surface area contributed by atoms with Gasteiger partial charge in [0.2, 0.25) is 0 Å². The standard InChI is InChI=1S/C17H26O3/c1-9-10(2)14-6-11(9)5-12(14)8-19-17(18)15-7-13-3-4-16(15)20-13/h9-16H,3-8H2,1-2H3. The Morgan fingerprint density at radius 2 is 2.00 bits per heavy atom. The number of hydrogen-bond donors (Lipinski definition) is 0. The molecule has 4 bridgehead atoms. The van der Waals surface area contributed by atoms with E-state index in [1.54, 1.807) is 0 Å². The summed E-state index contributed by atoms with van der Waals surface area (Å²) in [4.78, 5) is 12.2. The Morgan fingerprint density at radius 3 is 2.60 bits per heavy atom. The lowest BCUT2D eigenvalue weighted by molar-refractivity contribution is -0.152. The molecule has 2 heterocycles. The quantitative estimate of drug-likeness (QED) is 0.744. The summed E-state index contributed by atoms with van der Waals surface area (Å²) in [6.45, 7) is 5.43. The van der Waals surface area contributed by atoms with E-state index in [4.69, 9.17) is 9.47 Å². The molecule has 0 aromatic carbocycles. The molecule has 8 atom stereocenters. The second kappa shape index (κ2) is 4.72. The summed E-state index contributed by atoms with van der Waals surface area (Å²) in [7, 11) is 0. The van der Waals surface area contributed by atoms with Gasteiger partial charge in [0.05, 0.1) is 24.7 Å². The largest absolute Gasteiger partial charge is 0.465 e. The second-order valence-corrected chi connectivity index (χ2v) is 7.72. The van der Waals surface area contributed by atoms with Gasteiger partial charge < -0.3 is 9.47 Å². The minimum atomic E-state index is 0.0145. The van der Waals surface area contributed by atoms with Crippen LogP contribution >= 0.6 is 0 Å². The zero-order valence-corrected chi connectivity index (χ0v) is 12.6.